The minimum Gasteiger partial charge on any atom is -0.341 e. The molecule has 1 fully saturated rings. The second-order valence-corrected chi connectivity index (χ2v) is 10.2. The first-order valence-corrected chi connectivity index (χ1v) is 13.0. The number of carbonyl (C=O) groups is 2. The summed E-state index contributed by atoms with van der Waals surface area (Å²) in [6.45, 7) is 1.31. The zero-order chi connectivity index (χ0) is 27.0. The lowest BCUT2D eigenvalue weighted by atomic mass is 10.0. The molecule has 0 radical (unpaired) electrons. The minimum atomic E-state index is -0.685. The van der Waals surface area contributed by atoms with Crippen LogP contribution in [0.1, 0.15) is 24.0 Å². The Balaban J connectivity index is 1.28. The second kappa shape index (κ2) is 10.6. The van der Waals surface area contributed by atoms with E-state index in [0.29, 0.717) is 38.9 Å². The lowest BCUT2D eigenvalue weighted by Crippen LogP contribution is -2.50. The highest BCUT2D eigenvalue weighted by Gasteiger charge is 2.31. The van der Waals surface area contributed by atoms with Crippen LogP contribution in [0.3, 0.4) is 0 Å². The Morgan fingerprint density at radius 2 is 1.68 bits per heavy atom. The van der Waals surface area contributed by atoms with Gasteiger partial charge in [0.15, 0.2) is 0 Å². The number of nitrogens with zero attached hydrogens (tertiary/aromatic N) is 4. The molecule has 1 saturated heterocycles. The van der Waals surface area contributed by atoms with Crippen LogP contribution in [-0.4, -0.2) is 56.4 Å². The Labute approximate surface area is 223 Å². The molecule has 1 aromatic heterocycles. The number of aromatic nitrogens is 2. The first-order chi connectivity index (χ1) is 18.2. The number of carbonyl (C=O) groups excluding carboxylic acids is 2. The lowest BCUT2D eigenvalue weighted by Gasteiger charge is -2.38. The van der Waals surface area contributed by atoms with Crippen molar-refractivity contribution in [1.29, 1.82) is 0 Å². The molecule has 0 saturated carbocycles. The second-order valence-electron chi connectivity index (χ2n) is 9.81. The SMILES string of the molecule is Cn1c(=O)c(-c2cccc(F)c2Cl)cn(CC(=O)N2CCC(N3CCc4ccccc4CC3=O)CC2)c1=O. The van der Waals surface area contributed by atoms with E-state index >= 15 is 0 Å². The number of halogens is 2. The maximum absolute atomic E-state index is 14.0. The van der Waals surface area contributed by atoms with Crippen molar-refractivity contribution < 1.29 is 14.0 Å². The lowest BCUT2D eigenvalue weighted by molar-refractivity contribution is -0.136. The molecule has 0 spiro atoms. The fourth-order valence-electron chi connectivity index (χ4n) is 5.40. The van der Waals surface area contributed by atoms with E-state index in [1.807, 2.05) is 23.1 Å². The molecule has 0 bridgehead atoms. The van der Waals surface area contributed by atoms with Gasteiger partial charge < -0.3 is 9.80 Å². The topological polar surface area (TPSA) is 84.6 Å². The Morgan fingerprint density at radius 1 is 0.974 bits per heavy atom. The van der Waals surface area contributed by atoms with Crippen molar-refractivity contribution >= 4 is 23.4 Å². The van der Waals surface area contributed by atoms with Crippen molar-refractivity contribution in [2.45, 2.75) is 38.3 Å². The van der Waals surface area contributed by atoms with Crippen molar-refractivity contribution in [3.8, 4) is 11.1 Å². The molecule has 0 aliphatic carbocycles. The quantitative estimate of drug-likeness (QED) is 0.511. The van der Waals surface area contributed by atoms with Gasteiger partial charge in [-0.05, 0) is 36.5 Å². The molecule has 2 amide bonds. The number of fused-ring (bicyclic) bond motifs is 1. The summed E-state index contributed by atoms with van der Waals surface area (Å²) >= 11 is 6.08. The number of hydrogen-bond acceptors (Lipinski definition) is 4. The first-order valence-electron chi connectivity index (χ1n) is 12.6. The van der Waals surface area contributed by atoms with Crippen LogP contribution in [0.15, 0.2) is 58.3 Å². The molecule has 5 rings (SSSR count). The molecular weight excluding hydrogens is 511 g/mol. The van der Waals surface area contributed by atoms with E-state index in [2.05, 4.69) is 6.07 Å². The normalized spacial score (nSPS) is 16.3. The van der Waals surface area contributed by atoms with E-state index in [9.17, 15) is 23.6 Å². The third-order valence-corrected chi connectivity index (χ3v) is 7.94. The molecule has 2 aliphatic heterocycles. The van der Waals surface area contributed by atoms with Gasteiger partial charge in [-0.3, -0.25) is 23.5 Å². The predicted octanol–water partition coefficient (Wildman–Crippen LogP) is 2.62. The summed E-state index contributed by atoms with van der Waals surface area (Å²) in [5.74, 6) is -0.843. The van der Waals surface area contributed by atoms with Gasteiger partial charge in [-0.25, -0.2) is 9.18 Å². The van der Waals surface area contributed by atoms with Gasteiger partial charge in [-0.2, -0.15) is 0 Å². The fraction of sp³-hybridized carbons (Fsp3) is 0.357. The van der Waals surface area contributed by atoms with Crippen LogP contribution in [0.2, 0.25) is 5.02 Å². The van der Waals surface area contributed by atoms with Crippen molar-refractivity contribution in [1.82, 2.24) is 18.9 Å². The number of piperidine rings is 1. The van der Waals surface area contributed by atoms with Crippen LogP contribution < -0.4 is 11.2 Å². The van der Waals surface area contributed by atoms with Crippen molar-refractivity contribution in [3.63, 3.8) is 0 Å². The Morgan fingerprint density at radius 3 is 2.42 bits per heavy atom. The molecule has 8 nitrogen and oxygen atoms in total. The van der Waals surface area contributed by atoms with Gasteiger partial charge in [-0.15, -0.1) is 0 Å². The van der Waals surface area contributed by atoms with E-state index in [4.69, 9.17) is 11.6 Å². The molecule has 3 heterocycles. The number of rotatable bonds is 4. The van der Waals surface area contributed by atoms with Crippen molar-refractivity contribution in [2.24, 2.45) is 7.05 Å². The Hall–Kier alpha value is -3.72. The number of benzene rings is 2. The fourth-order valence-corrected chi connectivity index (χ4v) is 5.63. The Kier molecular flexibility index (Phi) is 7.21. The first kappa shape index (κ1) is 25.9. The third kappa shape index (κ3) is 4.90. The molecule has 198 valence electrons. The van der Waals surface area contributed by atoms with Crippen LogP contribution in [0, 0.1) is 5.82 Å². The summed E-state index contributed by atoms with van der Waals surface area (Å²) in [4.78, 5) is 55.3. The maximum atomic E-state index is 14.0. The van der Waals surface area contributed by atoms with Crippen LogP contribution in [0.25, 0.3) is 11.1 Å². The highest BCUT2D eigenvalue weighted by Crippen LogP contribution is 2.27. The van der Waals surface area contributed by atoms with Crippen LogP contribution in [-0.2, 0) is 36.0 Å². The van der Waals surface area contributed by atoms with Crippen molar-refractivity contribution in [2.75, 3.05) is 19.6 Å². The van der Waals surface area contributed by atoms with Gasteiger partial charge >= 0.3 is 5.69 Å². The summed E-state index contributed by atoms with van der Waals surface area (Å²) in [5.41, 5.74) is 1.19. The van der Waals surface area contributed by atoms with Gasteiger partial charge in [0.05, 0.1) is 17.0 Å². The van der Waals surface area contributed by atoms with Gasteiger partial charge in [0.2, 0.25) is 11.8 Å². The molecule has 38 heavy (non-hydrogen) atoms. The van der Waals surface area contributed by atoms with Gasteiger partial charge in [-0.1, -0.05) is 48.0 Å². The predicted molar refractivity (Wildman–Crippen MR) is 142 cm³/mol. The molecule has 10 heteroatoms. The summed E-state index contributed by atoms with van der Waals surface area (Å²) in [5, 5.41) is -0.227. The van der Waals surface area contributed by atoms with Gasteiger partial charge in [0.25, 0.3) is 5.56 Å². The average Bonchev–Trinajstić information content (AvgIpc) is 3.09. The standard InChI is InChI=1S/C28H28ClFN4O4/c1-31-27(37)22(21-7-4-8-23(30)26(21)29)16-33(28(31)38)17-25(36)32-12-10-20(11-13-32)34-14-9-18-5-2-3-6-19(18)15-24(34)35/h2-8,16,20H,9-15,17H2,1H3. The zero-order valence-corrected chi connectivity index (χ0v) is 21.8. The summed E-state index contributed by atoms with van der Waals surface area (Å²) in [7, 11) is 1.31. The van der Waals surface area contributed by atoms with Gasteiger partial charge in [0.1, 0.15) is 12.4 Å². The summed E-state index contributed by atoms with van der Waals surface area (Å²) < 4.78 is 16.1. The van der Waals surface area contributed by atoms with E-state index in [1.165, 1.54) is 37.0 Å². The van der Waals surface area contributed by atoms with E-state index in [-0.39, 0.29) is 40.6 Å². The molecular formula is C28H28ClFN4O4. The number of likely N-dealkylation sites (tertiary alicyclic amines) is 1. The molecule has 2 aromatic carbocycles. The molecule has 0 atom stereocenters. The summed E-state index contributed by atoms with van der Waals surface area (Å²) in [6.07, 6.45) is 3.78. The minimum absolute atomic E-state index is 0.0313. The highest BCUT2D eigenvalue weighted by atomic mass is 35.5. The van der Waals surface area contributed by atoms with E-state index in [0.717, 1.165) is 21.1 Å². The molecule has 0 unspecified atom stereocenters. The number of amides is 2. The third-order valence-electron chi connectivity index (χ3n) is 7.56. The Bertz CT molecular complexity index is 1520. The maximum Gasteiger partial charge on any atom is 0.331 e. The van der Waals surface area contributed by atoms with Crippen LogP contribution >= 0.6 is 11.6 Å². The molecule has 0 N–H and O–H groups in total. The largest absolute Gasteiger partial charge is 0.341 e. The highest BCUT2D eigenvalue weighted by molar-refractivity contribution is 6.33. The summed E-state index contributed by atoms with van der Waals surface area (Å²) in [6, 6.07) is 12.2. The average molecular weight is 539 g/mol. The zero-order valence-electron chi connectivity index (χ0n) is 21.0. The van der Waals surface area contributed by atoms with E-state index in [1.54, 1.807) is 4.90 Å². The molecule has 3 aromatic rings. The number of hydrogen-bond donors (Lipinski definition) is 0. The molecule has 2 aliphatic rings. The van der Waals surface area contributed by atoms with Crippen LogP contribution in [0.4, 0.5) is 4.39 Å². The van der Waals surface area contributed by atoms with Crippen molar-refractivity contribution in [3.05, 3.63) is 91.5 Å². The van der Waals surface area contributed by atoms with Crippen LogP contribution in [0.5, 0.6) is 0 Å². The van der Waals surface area contributed by atoms with E-state index < -0.39 is 17.1 Å². The smallest absolute Gasteiger partial charge is 0.331 e. The van der Waals surface area contributed by atoms with Gasteiger partial charge in [0, 0.05) is 44.5 Å². The monoisotopic (exact) mass is 538 g/mol.